The van der Waals surface area contributed by atoms with Gasteiger partial charge < -0.3 is 4.74 Å². The van der Waals surface area contributed by atoms with Crippen molar-refractivity contribution in [3.63, 3.8) is 0 Å². The lowest BCUT2D eigenvalue weighted by Gasteiger charge is -2.17. The molecule has 0 radical (unpaired) electrons. The first-order valence-electron chi connectivity index (χ1n) is 9.46. The fourth-order valence-electron chi connectivity index (χ4n) is 3.03. The van der Waals surface area contributed by atoms with Gasteiger partial charge in [-0.3, -0.25) is 49.8 Å². The molecule has 2 aromatic rings. The first-order chi connectivity index (χ1) is 15.7. The van der Waals surface area contributed by atoms with Gasteiger partial charge in [-0.1, -0.05) is 12.1 Å². The van der Waals surface area contributed by atoms with Crippen molar-refractivity contribution in [1.29, 1.82) is 0 Å². The van der Waals surface area contributed by atoms with E-state index in [9.17, 15) is 39.4 Å². The molecule has 1 heterocycles. The second-order valence-corrected chi connectivity index (χ2v) is 6.99. The lowest BCUT2D eigenvalue weighted by atomic mass is 10.1. The zero-order valence-electron chi connectivity index (χ0n) is 16.8. The second kappa shape index (κ2) is 9.64. The molecule has 1 aliphatic rings. The highest BCUT2D eigenvalue weighted by molar-refractivity contribution is 5.99. The number of Topliss-reactive ketones (excluding diaryl/α,β-unsaturated/α-hetero) is 1. The van der Waals surface area contributed by atoms with E-state index in [0.717, 1.165) is 23.2 Å². The van der Waals surface area contributed by atoms with Gasteiger partial charge in [-0.15, -0.1) is 0 Å². The van der Waals surface area contributed by atoms with E-state index in [1.165, 1.54) is 30.3 Å². The van der Waals surface area contributed by atoms with E-state index in [1.54, 1.807) is 0 Å². The van der Waals surface area contributed by atoms with E-state index in [4.69, 9.17) is 4.74 Å². The summed E-state index contributed by atoms with van der Waals surface area (Å²) < 4.78 is 4.95. The molecule has 0 saturated carbocycles. The van der Waals surface area contributed by atoms with Crippen LogP contribution in [0.4, 0.5) is 11.4 Å². The van der Waals surface area contributed by atoms with Gasteiger partial charge in [0.15, 0.2) is 6.61 Å². The Hall–Kier alpha value is -4.68. The Kier molecular flexibility index (Phi) is 6.71. The zero-order chi connectivity index (χ0) is 24.1. The molecule has 2 aromatic carbocycles. The van der Waals surface area contributed by atoms with Gasteiger partial charge in [0.1, 0.15) is 0 Å². The first-order valence-corrected chi connectivity index (χ1v) is 9.46. The zero-order valence-corrected chi connectivity index (χ0v) is 16.8. The Labute approximate surface area is 185 Å². The number of esters is 1. The quantitative estimate of drug-likeness (QED) is 0.266. The highest BCUT2D eigenvalue weighted by Crippen LogP contribution is 2.19. The number of hydrogen-bond acceptors (Lipinski definition) is 9. The fourth-order valence-corrected chi connectivity index (χ4v) is 3.03. The summed E-state index contributed by atoms with van der Waals surface area (Å²) in [5.74, 6) is -3.69. The van der Waals surface area contributed by atoms with Crippen LogP contribution in [0.2, 0.25) is 0 Å². The predicted octanol–water partition coefficient (Wildman–Crippen LogP) is 1.42. The maximum absolute atomic E-state index is 12.3. The van der Waals surface area contributed by atoms with Crippen molar-refractivity contribution >= 4 is 34.9 Å². The monoisotopic (exact) mass is 456 g/mol. The standard InChI is InChI=1S/C20H16N4O9/c25-17(13-2-1-3-16(8-13)24(31)32)11-33-20(28)14-9-18(26)22(10-14)21-19(27)12-4-6-15(7-5-12)23(29)30/h1-8,14H,9-11H2,(H,21,27). The number of amides is 2. The number of rotatable bonds is 8. The number of hydrazine groups is 1. The number of nitro benzene ring substituents is 2. The summed E-state index contributed by atoms with van der Waals surface area (Å²) in [4.78, 5) is 69.0. The molecule has 2 amide bonds. The van der Waals surface area contributed by atoms with Gasteiger partial charge in [0.2, 0.25) is 11.7 Å². The van der Waals surface area contributed by atoms with Crippen LogP contribution in [0.5, 0.6) is 0 Å². The van der Waals surface area contributed by atoms with Gasteiger partial charge in [0.05, 0.1) is 22.3 Å². The van der Waals surface area contributed by atoms with Gasteiger partial charge in [0.25, 0.3) is 17.3 Å². The molecule has 3 rings (SSSR count). The third-order valence-corrected chi connectivity index (χ3v) is 4.76. The number of nitrogens with zero attached hydrogens (tertiary/aromatic N) is 3. The number of hydrogen-bond donors (Lipinski definition) is 1. The molecule has 1 N–H and O–H groups in total. The van der Waals surface area contributed by atoms with E-state index in [2.05, 4.69) is 5.43 Å². The molecular weight excluding hydrogens is 440 g/mol. The summed E-state index contributed by atoms with van der Waals surface area (Å²) >= 11 is 0. The van der Waals surface area contributed by atoms with Gasteiger partial charge in [-0.2, -0.15) is 0 Å². The number of ketones is 1. The minimum atomic E-state index is -0.937. The van der Waals surface area contributed by atoms with Crippen molar-refractivity contribution in [3.05, 3.63) is 79.9 Å². The maximum atomic E-state index is 12.3. The molecule has 1 atom stereocenters. The molecule has 13 nitrogen and oxygen atoms in total. The molecule has 0 aromatic heterocycles. The minimum absolute atomic E-state index is 0.00325. The third-order valence-electron chi connectivity index (χ3n) is 4.76. The van der Waals surface area contributed by atoms with Crippen LogP contribution in [0.15, 0.2) is 48.5 Å². The number of nitro groups is 2. The van der Waals surface area contributed by atoms with Crippen molar-refractivity contribution in [2.24, 2.45) is 5.92 Å². The first kappa shape index (κ1) is 23.0. The van der Waals surface area contributed by atoms with Crippen LogP contribution in [0.1, 0.15) is 27.1 Å². The highest BCUT2D eigenvalue weighted by Gasteiger charge is 2.36. The van der Waals surface area contributed by atoms with E-state index in [1.807, 2.05) is 0 Å². The Morgan fingerprint density at radius 3 is 2.30 bits per heavy atom. The van der Waals surface area contributed by atoms with Crippen molar-refractivity contribution in [3.8, 4) is 0 Å². The van der Waals surface area contributed by atoms with Gasteiger partial charge in [-0.05, 0) is 12.1 Å². The summed E-state index contributed by atoms with van der Waals surface area (Å²) in [6.45, 7) is -0.860. The second-order valence-electron chi connectivity index (χ2n) is 6.99. The molecule has 170 valence electrons. The molecule has 1 fully saturated rings. The minimum Gasteiger partial charge on any atom is -0.457 e. The topological polar surface area (TPSA) is 179 Å². The van der Waals surface area contributed by atoms with Crippen LogP contribution < -0.4 is 5.43 Å². The molecule has 1 unspecified atom stereocenters. The normalized spacial score (nSPS) is 15.1. The van der Waals surface area contributed by atoms with Gasteiger partial charge in [0, 0.05) is 41.8 Å². The van der Waals surface area contributed by atoms with Crippen molar-refractivity contribution < 1.29 is 33.8 Å². The smallest absolute Gasteiger partial charge is 0.311 e. The number of ether oxygens (including phenoxy) is 1. The average molecular weight is 456 g/mol. The van der Waals surface area contributed by atoms with E-state index < -0.39 is 45.9 Å². The number of nitrogens with one attached hydrogen (secondary N) is 1. The maximum Gasteiger partial charge on any atom is 0.311 e. The van der Waals surface area contributed by atoms with Crippen LogP contribution in [0.25, 0.3) is 0 Å². The fraction of sp³-hybridized carbons (Fsp3) is 0.200. The van der Waals surface area contributed by atoms with Crippen molar-refractivity contribution in [2.45, 2.75) is 6.42 Å². The molecule has 0 spiro atoms. The van der Waals surface area contributed by atoms with Gasteiger partial charge in [-0.25, -0.2) is 0 Å². The van der Waals surface area contributed by atoms with Gasteiger partial charge >= 0.3 is 5.97 Å². The Morgan fingerprint density at radius 2 is 1.67 bits per heavy atom. The van der Waals surface area contributed by atoms with Crippen molar-refractivity contribution in [2.75, 3.05) is 13.2 Å². The molecule has 1 saturated heterocycles. The summed E-state index contributed by atoms with van der Waals surface area (Å²) in [6.07, 6.45) is -0.260. The SMILES string of the molecule is O=C(COC(=O)C1CC(=O)N(NC(=O)c2ccc([N+](=O)[O-])cc2)C1)c1cccc([N+](=O)[O-])c1. The van der Waals surface area contributed by atoms with E-state index in [0.29, 0.717) is 0 Å². The van der Waals surface area contributed by atoms with Crippen LogP contribution in [-0.4, -0.2) is 51.6 Å². The highest BCUT2D eigenvalue weighted by atomic mass is 16.6. The summed E-state index contributed by atoms with van der Waals surface area (Å²) in [5.41, 5.74) is 1.90. The molecule has 13 heteroatoms. The lowest BCUT2D eigenvalue weighted by molar-refractivity contribution is -0.385. The number of carbonyl (C=O) groups is 4. The summed E-state index contributed by atoms with van der Waals surface area (Å²) in [7, 11) is 0. The molecule has 1 aliphatic heterocycles. The van der Waals surface area contributed by atoms with Crippen LogP contribution in [0, 0.1) is 26.1 Å². The lowest BCUT2D eigenvalue weighted by Crippen LogP contribution is -2.43. The molecule has 0 bridgehead atoms. The molecule has 0 aliphatic carbocycles. The molecule has 33 heavy (non-hydrogen) atoms. The van der Waals surface area contributed by atoms with Crippen LogP contribution >= 0.6 is 0 Å². The third kappa shape index (κ3) is 5.52. The Morgan fingerprint density at radius 1 is 1.00 bits per heavy atom. The van der Waals surface area contributed by atoms with E-state index in [-0.39, 0.29) is 35.5 Å². The largest absolute Gasteiger partial charge is 0.457 e. The van der Waals surface area contributed by atoms with Crippen LogP contribution in [-0.2, 0) is 14.3 Å². The number of carbonyl (C=O) groups excluding carboxylic acids is 4. The van der Waals surface area contributed by atoms with Crippen LogP contribution in [0.3, 0.4) is 0 Å². The Balaban J connectivity index is 1.53. The Bertz CT molecular complexity index is 1150. The average Bonchev–Trinajstić information content (AvgIpc) is 3.17. The summed E-state index contributed by atoms with van der Waals surface area (Å²) in [6, 6.07) is 9.67. The van der Waals surface area contributed by atoms with E-state index >= 15 is 0 Å². The molecular formula is C20H16N4O9. The predicted molar refractivity (Wildman–Crippen MR) is 109 cm³/mol. The van der Waals surface area contributed by atoms with Crippen molar-refractivity contribution in [1.82, 2.24) is 10.4 Å². The number of non-ortho nitro benzene ring substituents is 2. The number of benzene rings is 2. The summed E-state index contributed by atoms with van der Waals surface area (Å²) in [5, 5.41) is 22.4.